The van der Waals surface area contributed by atoms with E-state index < -0.39 is 0 Å². The molecular weight excluding hydrogens is 410 g/mol. The van der Waals surface area contributed by atoms with Crippen molar-refractivity contribution in [2.24, 2.45) is 0 Å². The molecule has 1 aliphatic heterocycles. The van der Waals surface area contributed by atoms with E-state index >= 15 is 0 Å². The Morgan fingerprint density at radius 3 is 2.45 bits per heavy atom. The molecule has 3 aromatic rings. The van der Waals surface area contributed by atoms with Crippen LogP contribution in [0.1, 0.15) is 5.56 Å². The van der Waals surface area contributed by atoms with Crippen LogP contribution in [0, 0.1) is 6.92 Å². The number of carbonyl (C=O) groups excluding carboxylic acids is 1. The molecule has 0 aliphatic carbocycles. The summed E-state index contributed by atoms with van der Waals surface area (Å²) in [6, 6.07) is 18.7. The van der Waals surface area contributed by atoms with Crippen LogP contribution in [0.5, 0.6) is 0 Å². The van der Waals surface area contributed by atoms with Crippen LogP contribution in [0.2, 0.25) is 0 Å². The van der Waals surface area contributed by atoms with Gasteiger partial charge in [-0.3, -0.25) is 4.79 Å². The van der Waals surface area contributed by atoms with Crippen LogP contribution < -0.4 is 15.8 Å². The summed E-state index contributed by atoms with van der Waals surface area (Å²) >= 11 is 1.64. The molecule has 8 heteroatoms. The Balaban J connectivity index is 1.41. The number of nitrogens with zero attached hydrogens (tertiary/aromatic N) is 4. The maximum atomic E-state index is 12.7. The number of anilines is 2. The van der Waals surface area contributed by atoms with Crippen molar-refractivity contribution in [2.45, 2.75) is 11.8 Å². The number of hydrogen-bond acceptors (Lipinski definition) is 5. The molecule has 1 fully saturated rings. The summed E-state index contributed by atoms with van der Waals surface area (Å²) < 4.78 is 1.42. The topological polar surface area (TPSA) is 70.5 Å². The number of rotatable bonds is 4. The van der Waals surface area contributed by atoms with E-state index in [9.17, 15) is 9.59 Å². The third kappa shape index (κ3) is 4.91. The monoisotopic (exact) mass is 435 g/mol. The smallest absolute Gasteiger partial charge is 0.321 e. The molecule has 2 heterocycles. The number of hydrogen-bond donors (Lipinski definition) is 1. The summed E-state index contributed by atoms with van der Waals surface area (Å²) in [6.45, 7) is 4.47. The summed E-state index contributed by atoms with van der Waals surface area (Å²) in [6.07, 6.45) is 2.01. The quantitative estimate of drug-likeness (QED) is 0.634. The molecular formula is C23H25N5O2S. The minimum Gasteiger partial charge on any atom is -0.352 e. The summed E-state index contributed by atoms with van der Waals surface area (Å²) in [5.74, 6) is 0.730. The lowest BCUT2D eigenvalue weighted by Gasteiger charge is -2.35. The number of urea groups is 1. The average molecular weight is 436 g/mol. The fourth-order valence-electron chi connectivity index (χ4n) is 3.48. The zero-order valence-corrected chi connectivity index (χ0v) is 18.4. The van der Waals surface area contributed by atoms with Gasteiger partial charge in [0.25, 0.3) is 5.56 Å². The maximum absolute atomic E-state index is 12.7. The van der Waals surface area contributed by atoms with Crippen LogP contribution in [0.15, 0.2) is 70.4 Å². The second-order valence-corrected chi connectivity index (χ2v) is 8.29. The molecule has 4 rings (SSSR count). The summed E-state index contributed by atoms with van der Waals surface area (Å²) in [7, 11) is 0. The Bertz CT molecular complexity index is 1120. The van der Waals surface area contributed by atoms with E-state index in [1.54, 1.807) is 28.8 Å². The first-order chi connectivity index (χ1) is 15.0. The highest BCUT2D eigenvalue weighted by Gasteiger charge is 2.22. The van der Waals surface area contributed by atoms with Crippen LogP contribution >= 0.6 is 11.8 Å². The van der Waals surface area contributed by atoms with Crippen molar-refractivity contribution in [3.8, 4) is 5.69 Å². The Hall–Kier alpha value is -3.26. The second-order valence-electron chi connectivity index (χ2n) is 7.41. The number of aryl methyl sites for hydroxylation is 1. The van der Waals surface area contributed by atoms with E-state index in [2.05, 4.69) is 15.3 Å². The second kappa shape index (κ2) is 9.26. The average Bonchev–Trinajstić information content (AvgIpc) is 2.80. The number of aromatic nitrogens is 2. The first kappa shape index (κ1) is 21.0. The summed E-state index contributed by atoms with van der Waals surface area (Å²) in [4.78, 5) is 30.0. The van der Waals surface area contributed by atoms with Crippen molar-refractivity contribution in [3.63, 3.8) is 0 Å². The van der Waals surface area contributed by atoms with Crippen molar-refractivity contribution in [2.75, 3.05) is 42.7 Å². The van der Waals surface area contributed by atoms with E-state index in [1.807, 2.05) is 61.7 Å². The fraction of sp³-hybridized carbons (Fsp3) is 0.261. The molecule has 0 radical (unpaired) electrons. The molecule has 1 N–H and O–H groups in total. The van der Waals surface area contributed by atoms with Gasteiger partial charge >= 0.3 is 6.03 Å². The highest BCUT2D eigenvalue weighted by Crippen LogP contribution is 2.20. The van der Waals surface area contributed by atoms with Crippen molar-refractivity contribution in [1.29, 1.82) is 0 Å². The zero-order valence-electron chi connectivity index (χ0n) is 17.6. The summed E-state index contributed by atoms with van der Waals surface area (Å²) in [5.41, 5.74) is 2.50. The van der Waals surface area contributed by atoms with Crippen LogP contribution in [0.3, 0.4) is 0 Å². The SMILES string of the molecule is CSc1cccc(NC(=O)N2CCN(c3ccc(=O)n(-c4ccc(C)cc4)n3)CC2)c1. The molecule has 160 valence electrons. The van der Waals surface area contributed by atoms with Crippen LogP contribution in [-0.4, -0.2) is 53.1 Å². The Kier molecular flexibility index (Phi) is 6.27. The van der Waals surface area contributed by atoms with E-state index in [4.69, 9.17) is 0 Å². The van der Waals surface area contributed by atoms with Gasteiger partial charge in [-0.05, 0) is 49.6 Å². The molecule has 2 amide bonds. The largest absolute Gasteiger partial charge is 0.352 e. The molecule has 1 aliphatic rings. The van der Waals surface area contributed by atoms with Gasteiger partial charge in [0, 0.05) is 42.8 Å². The van der Waals surface area contributed by atoms with Crippen LogP contribution in [-0.2, 0) is 0 Å². The molecule has 31 heavy (non-hydrogen) atoms. The van der Waals surface area contributed by atoms with E-state index in [1.165, 1.54) is 4.68 Å². The lowest BCUT2D eigenvalue weighted by Crippen LogP contribution is -2.50. The molecule has 0 saturated carbocycles. The number of benzene rings is 2. The lowest BCUT2D eigenvalue weighted by atomic mass is 10.2. The van der Waals surface area contributed by atoms with Crippen molar-refractivity contribution >= 4 is 29.3 Å². The lowest BCUT2D eigenvalue weighted by molar-refractivity contribution is 0.208. The molecule has 1 aromatic heterocycles. The van der Waals surface area contributed by atoms with Gasteiger partial charge in [0.15, 0.2) is 0 Å². The van der Waals surface area contributed by atoms with Gasteiger partial charge in [0.1, 0.15) is 5.82 Å². The van der Waals surface area contributed by atoms with Gasteiger partial charge in [-0.25, -0.2) is 4.79 Å². The number of thioether (sulfide) groups is 1. The highest BCUT2D eigenvalue weighted by molar-refractivity contribution is 7.98. The first-order valence-electron chi connectivity index (χ1n) is 10.2. The number of nitrogens with one attached hydrogen (secondary N) is 1. The van der Waals surface area contributed by atoms with Gasteiger partial charge in [-0.2, -0.15) is 4.68 Å². The third-order valence-electron chi connectivity index (χ3n) is 5.28. The number of carbonyl (C=O) groups is 1. The standard InChI is InChI=1S/C23H25N5O2S/c1-17-6-8-19(9-7-17)28-22(29)11-10-21(25-28)26-12-14-27(15-13-26)23(30)24-18-4-3-5-20(16-18)31-2/h3-11,16H,12-15H2,1-2H3,(H,24,30). The molecule has 7 nitrogen and oxygen atoms in total. The van der Waals surface area contributed by atoms with Gasteiger partial charge in [-0.15, -0.1) is 16.9 Å². The van der Waals surface area contributed by atoms with Crippen molar-refractivity contribution in [1.82, 2.24) is 14.7 Å². The molecule has 1 saturated heterocycles. The van der Waals surface area contributed by atoms with Gasteiger partial charge < -0.3 is 15.1 Å². The van der Waals surface area contributed by atoms with Crippen LogP contribution in [0.25, 0.3) is 5.69 Å². The number of piperazine rings is 1. The van der Waals surface area contributed by atoms with Crippen LogP contribution in [0.4, 0.5) is 16.3 Å². The highest BCUT2D eigenvalue weighted by atomic mass is 32.2. The van der Waals surface area contributed by atoms with E-state index in [0.29, 0.717) is 26.2 Å². The zero-order chi connectivity index (χ0) is 21.8. The molecule has 0 spiro atoms. The predicted molar refractivity (Wildman–Crippen MR) is 126 cm³/mol. The van der Waals surface area contributed by atoms with Gasteiger partial charge in [0.05, 0.1) is 5.69 Å². The van der Waals surface area contributed by atoms with Crippen molar-refractivity contribution in [3.05, 3.63) is 76.6 Å². The third-order valence-corrected chi connectivity index (χ3v) is 6.00. The van der Waals surface area contributed by atoms with E-state index in [0.717, 1.165) is 27.7 Å². The molecule has 0 unspecified atom stereocenters. The maximum Gasteiger partial charge on any atom is 0.321 e. The predicted octanol–water partition coefficient (Wildman–Crippen LogP) is 3.62. The van der Waals surface area contributed by atoms with Gasteiger partial charge in [0.2, 0.25) is 0 Å². The minimum atomic E-state index is -0.168. The van der Waals surface area contributed by atoms with E-state index in [-0.39, 0.29) is 11.6 Å². The Labute approximate surface area is 185 Å². The molecule has 0 bridgehead atoms. The van der Waals surface area contributed by atoms with Crippen molar-refractivity contribution < 1.29 is 4.79 Å². The Morgan fingerprint density at radius 2 is 1.74 bits per heavy atom. The minimum absolute atomic E-state index is 0.101. The normalized spacial score (nSPS) is 13.9. The fourth-order valence-corrected chi connectivity index (χ4v) is 3.94. The summed E-state index contributed by atoms with van der Waals surface area (Å²) in [5, 5.41) is 7.54. The molecule has 0 atom stereocenters. The molecule has 2 aromatic carbocycles. The number of amides is 2. The Morgan fingerprint density at radius 1 is 1.00 bits per heavy atom. The first-order valence-corrected chi connectivity index (χ1v) is 11.4. The van der Waals surface area contributed by atoms with Gasteiger partial charge in [-0.1, -0.05) is 23.8 Å².